The molecule has 0 saturated heterocycles. The summed E-state index contributed by atoms with van der Waals surface area (Å²) in [6.07, 6.45) is 0. The van der Waals surface area contributed by atoms with Crippen molar-refractivity contribution in [2.24, 2.45) is 5.73 Å². The topological polar surface area (TPSA) is 35.2 Å². The molecule has 0 fully saturated rings. The SMILES string of the molecule is Cc1ccc(OCN)c(Cl)c1. The first-order chi connectivity index (χ1) is 5.24. The molecule has 0 saturated carbocycles. The van der Waals surface area contributed by atoms with E-state index in [0.717, 1.165) is 5.56 Å². The van der Waals surface area contributed by atoms with Gasteiger partial charge < -0.3 is 4.74 Å². The molecule has 0 unspecified atom stereocenters. The lowest BCUT2D eigenvalue weighted by molar-refractivity contribution is 0.330. The monoisotopic (exact) mass is 171 g/mol. The minimum Gasteiger partial charge on any atom is -0.477 e. The quantitative estimate of drug-likeness (QED) is 0.691. The van der Waals surface area contributed by atoms with Gasteiger partial charge in [-0.05, 0) is 24.6 Å². The number of halogens is 1. The number of benzene rings is 1. The molecule has 0 radical (unpaired) electrons. The molecule has 0 amide bonds. The number of hydrogen-bond donors (Lipinski definition) is 1. The molecule has 0 aromatic heterocycles. The van der Waals surface area contributed by atoms with Crippen molar-refractivity contribution in [3.05, 3.63) is 28.8 Å². The summed E-state index contributed by atoms with van der Waals surface area (Å²) in [6, 6.07) is 5.58. The van der Waals surface area contributed by atoms with Crippen molar-refractivity contribution in [1.29, 1.82) is 0 Å². The summed E-state index contributed by atoms with van der Waals surface area (Å²) >= 11 is 5.83. The Labute approximate surface area is 70.9 Å². The summed E-state index contributed by atoms with van der Waals surface area (Å²) in [5.74, 6) is 0.639. The molecule has 2 nitrogen and oxygen atoms in total. The van der Waals surface area contributed by atoms with Crippen molar-refractivity contribution in [1.82, 2.24) is 0 Å². The van der Waals surface area contributed by atoms with E-state index in [1.165, 1.54) is 0 Å². The Bertz CT molecular complexity index is 250. The molecule has 0 aliphatic rings. The van der Waals surface area contributed by atoms with Crippen LogP contribution in [-0.4, -0.2) is 6.73 Å². The molecule has 0 aliphatic heterocycles. The van der Waals surface area contributed by atoms with Gasteiger partial charge in [0.25, 0.3) is 0 Å². The highest BCUT2D eigenvalue weighted by molar-refractivity contribution is 6.32. The largest absolute Gasteiger partial charge is 0.477 e. The molecular formula is C8H10ClNO. The molecule has 11 heavy (non-hydrogen) atoms. The average molecular weight is 172 g/mol. The molecule has 3 heteroatoms. The average Bonchev–Trinajstić information content (AvgIpc) is 1.95. The van der Waals surface area contributed by atoms with Gasteiger partial charge in [-0.3, -0.25) is 5.73 Å². The van der Waals surface area contributed by atoms with Gasteiger partial charge in [-0.25, -0.2) is 0 Å². The Balaban J connectivity index is 2.90. The predicted molar refractivity (Wildman–Crippen MR) is 45.9 cm³/mol. The van der Waals surface area contributed by atoms with E-state index in [2.05, 4.69) is 0 Å². The summed E-state index contributed by atoms with van der Waals surface area (Å²) in [7, 11) is 0. The Morgan fingerprint density at radius 3 is 2.82 bits per heavy atom. The third-order valence-electron chi connectivity index (χ3n) is 1.33. The number of aryl methyl sites for hydroxylation is 1. The van der Waals surface area contributed by atoms with E-state index in [1.54, 1.807) is 0 Å². The maximum absolute atomic E-state index is 5.83. The van der Waals surface area contributed by atoms with Crippen LogP contribution in [0.3, 0.4) is 0 Å². The predicted octanol–water partition coefficient (Wildman–Crippen LogP) is 1.94. The van der Waals surface area contributed by atoms with E-state index >= 15 is 0 Å². The normalized spacial score (nSPS) is 9.73. The second kappa shape index (κ2) is 3.60. The zero-order valence-electron chi connectivity index (χ0n) is 6.30. The fourth-order valence-electron chi connectivity index (χ4n) is 0.813. The van der Waals surface area contributed by atoms with E-state index in [-0.39, 0.29) is 6.73 Å². The molecule has 2 N–H and O–H groups in total. The molecule has 60 valence electrons. The van der Waals surface area contributed by atoms with Gasteiger partial charge in [0.1, 0.15) is 12.5 Å². The van der Waals surface area contributed by atoms with Crippen LogP contribution in [0.4, 0.5) is 0 Å². The Morgan fingerprint density at radius 1 is 1.55 bits per heavy atom. The van der Waals surface area contributed by atoms with Gasteiger partial charge >= 0.3 is 0 Å². The number of hydrogen-bond acceptors (Lipinski definition) is 2. The fourth-order valence-corrected chi connectivity index (χ4v) is 1.10. The van der Waals surface area contributed by atoms with Crippen LogP contribution in [0.5, 0.6) is 5.75 Å². The first kappa shape index (κ1) is 8.37. The molecule has 1 rings (SSSR count). The zero-order chi connectivity index (χ0) is 8.27. The summed E-state index contributed by atoms with van der Waals surface area (Å²) in [6.45, 7) is 2.13. The number of rotatable bonds is 2. The van der Waals surface area contributed by atoms with Gasteiger partial charge in [0.15, 0.2) is 0 Å². The highest BCUT2D eigenvalue weighted by atomic mass is 35.5. The Hall–Kier alpha value is -0.730. The van der Waals surface area contributed by atoms with Crippen LogP contribution in [0.15, 0.2) is 18.2 Å². The van der Waals surface area contributed by atoms with Crippen molar-refractivity contribution in [3.8, 4) is 5.75 Å². The van der Waals surface area contributed by atoms with Crippen LogP contribution in [-0.2, 0) is 0 Å². The van der Waals surface area contributed by atoms with Crippen molar-refractivity contribution in [3.63, 3.8) is 0 Å². The maximum atomic E-state index is 5.83. The van der Waals surface area contributed by atoms with Crippen LogP contribution in [0.1, 0.15) is 5.56 Å². The van der Waals surface area contributed by atoms with E-state index in [4.69, 9.17) is 22.1 Å². The molecule has 0 aliphatic carbocycles. The van der Waals surface area contributed by atoms with Crippen LogP contribution in [0, 0.1) is 6.92 Å². The smallest absolute Gasteiger partial charge is 0.139 e. The van der Waals surface area contributed by atoms with Crippen LogP contribution >= 0.6 is 11.6 Å². The van der Waals surface area contributed by atoms with Crippen molar-refractivity contribution < 1.29 is 4.74 Å². The lowest BCUT2D eigenvalue weighted by Crippen LogP contribution is -2.07. The van der Waals surface area contributed by atoms with Crippen LogP contribution in [0.25, 0.3) is 0 Å². The maximum Gasteiger partial charge on any atom is 0.139 e. The van der Waals surface area contributed by atoms with Gasteiger partial charge in [0, 0.05) is 0 Å². The summed E-state index contributed by atoms with van der Waals surface area (Å²) < 4.78 is 5.04. The van der Waals surface area contributed by atoms with Crippen molar-refractivity contribution in [2.45, 2.75) is 6.92 Å². The molecule has 0 heterocycles. The van der Waals surface area contributed by atoms with Crippen LogP contribution in [0.2, 0.25) is 5.02 Å². The van der Waals surface area contributed by atoms with Crippen molar-refractivity contribution >= 4 is 11.6 Å². The van der Waals surface area contributed by atoms with E-state index in [1.807, 2.05) is 25.1 Å². The van der Waals surface area contributed by atoms with E-state index in [0.29, 0.717) is 10.8 Å². The fraction of sp³-hybridized carbons (Fsp3) is 0.250. The highest BCUT2D eigenvalue weighted by Gasteiger charge is 1.98. The Kier molecular flexibility index (Phi) is 2.74. The van der Waals surface area contributed by atoms with Gasteiger partial charge in [0.05, 0.1) is 5.02 Å². The molecule has 0 bridgehead atoms. The summed E-state index contributed by atoms with van der Waals surface area (Å²) in [5, 5.41) is 0.607. The minimum absolute atomic E-state index is 0.156. The van der Waals surface area contributed by atoms with Gasteiger partial charge in [-0.2, -0.15) is 0 Å². The first-order valence-electron chi connectivity index (χ1n) is 3.33. The molecule has 0 atom stereocenters. The third kappa shape index (κ3) is 2.10. The highest BCUT2D eigenvalue weighted by Crippen LogP contribution is 2.24. The molecule has 1 aromatic carbocycles. The Morgan fingerprint density at radius 2 is 2.27 bits per heavy atom. The lowest BCUT2D eigenvalue weighted by Gasteiger charge is -2.04. The van der Waals surface area contributed by atoms with Gasteiger partial charge in [0.2, 0.25) is 0 Å². The van der Waals surface area contributed by atoms with E-state index < -0.39 is 0 Å². The molecular weight excluding hydrogens is 162 g/mol. The van der Waals surface area contributed by atoms with Gasteiger partial charge in [-0.1, -0.05) is 17.7 Å². The second-order valence-electron chi connectivity index (χ2n) is 2.24. The van der Waals surface area contributed by atoms with Crippen LogP contribution < -0.4 is 10.5 Å². The van der Waals surface area contributed by atoms with E-state index in [9.17, 15) is 0 Å². The minimum atomic E-state index is 0.156. The first-order valence-corrected chi connectivity index (χ1v) is 3.71. The van der Waals surface area contributed by atoms with Gasteiger partial charge in [-0.15, -0.1) is 0 Å². The van der Waals surface area contributed by atoms with Crippen molar-refractivity contribution in [2.75, 3.05) is 6.73 Å². The lowest BCUT2D eigenvalue weighted by atomic mass is 10.2. The standard InChI is InChI=1S/C8H10ClNO/c1-6-2-3-8(11-5-10)7(9)4-6/h2-4H,5,10H2,1H3. The molecule has 1 aromatic rings. The second-order valence-corrected chi connectivity index (χ2v) is 2.65. The third-order valence-corrected chi connectivity index (χ3v) is 1.62. The summed E-state index contributed by atoms with van der Waals surface area (Å²) in [5.41, 5.74) is 6.30. The summed E-state index contributed by atoms with van der Waals surface area (Å²) in [4.78, 5) is 0. The zero-order valence-corrected chi connectivity index (χ0v) is 7.06. The number of nitrogens with two attached hydrogens (primary N) is 1. The molecule has 0 spiro atoms. The number of ether oxygens (including phenoxy) is 1.